The molecule has 1 aliphatic carbocycles. The third kappa shape index (κ3) is 4.59. The van der Waals surface area contributed by atoms with Crippen molar-refractivity contribution in [3.8, 4) is 11.4 Å². The molecule has 2 fully saturated rings. The average Bonchev–Trinajstić information content (AvgIpc) is 3.41. The monoisotopic (exact) mass is 383 g/mol. The third-order valence-electron chi connectivity index (χ3n) is 5.73. The smallest absolute Gasteiger partial charge is 0.244 e. The van der Waals surface area contributed by atoms with Gasteiger partial charge in [0.25, 0.3) is 0 Å². The van der Waals surface area contributed by atoms with Crippen LogP contribution >= 0.6 is 0 Å². The number of benzene rings is 1. The molecule has 0 bridgehead atoms. The zero-order valence-electron chi connectivity index (χ0n) is 16.7. The van der Waals surface area contributed by atoms with Gasteiger partial charge in [-0.05, 0) is 39.2 Å². The van der Waals surface area contributed by atoms with Crippen molar-refractivity contribution in [2.24, 2.45) is 5.92 Å². The lowest BCUT2D eigenvalue weighted by atomic mass is 10.1. The fourth-order valence-corrected chi connectivity index (χ4v) is 3.56. The highest BCUT2D eigenvalue weighted by Gasteiger charge is 2.28. The third-order valence-corrected chi connectivity index (χ3v) is 5.73. The molecule has 0 spiro atoms. The molecule has 1 aliphatic heterocycles. The summed E-state index contributed by atoms with van der Waals surface area (Å²) in [5, 5.41) is 7.43. The maximum Gasteiger partial charge on any atom is 0.244 e. The zero-order chi connectivity index (χ0) is 19.5. The molecule has 2 aliphatic rings. The summed E-state index contributed by atoms with van der Waals surface area (Å²) in [5.74, 6) is 2.25. The fourth-order valence-electron chi connectivity index (χ4n) is 3.56. The first-order valence-electron chi connectivity index (χ1n) is 10.2. The Balaban J connectivity index is 1.28. The van der Waals surface area contributed by atoms with Crippen molar-refractivity contribution in [1.29, 1.82) is 0 Å². The van der Waals surface area contributed by atoms with Gasteiger partial charge in [-0.15, -0.1) is 0 Å². The topological polar surface area (TPSA) is 74.5 Å². The summed E-state index contributed by atoms with van der Waals surface area (Å²) in [6, 6.07) is 8.15. The van der Waals surface area contributed by atoms with E-state index in [4.69, 9.17) is 4.52 Å². The summed E-state index contributed by atoms with van der Waals surface area (Å²) >= 11 is 0. The number of hydrogen-bond donors (Lipinski definition) is 1. The molecule has 150 valence electrons. The summed E-state index contributed by atoms with van der Waals surface area (Å²) in [4.78, 5) is 21.2. The predicted octanol–water partition coefficient (Wildman–Crippen LogP) is 2.25. The van der Waals surface area contributed by atoms with Gasteiger partial charge in [0, 0.05) is 31.7 Å². The Morgan fingerprint density at radius 1 is 1.21 bits per heavy atom. The van der Waals surface area contributed by atoms with E-state index < -0.39 is 0 Å². The second-order valence-electron chi connectivity index (χ2n) is 7.99. The number of carbonyl (C=O) groups excluding carboxylic acids is 1. The summed E-state index contributed by atoms with van der Waals surface area (Å²) in [6.07, 6.45) is 2.61. The van der Waals surface area contributed by atoms with Crippen LogP contribution in [0.4, 0.5) is 0 Å². The molecule has 1 N–H and O–H groups in total. The van der Waals surface area contributed by atoms with E-state index in [2.05, 4.69) is 34.2 Å². The largest absolute Gasteiger partial charge is 0.339 e. The summed E-state index contributed by atoms with van der Waals surface area (Å²) < 4.78 is 5.53. The van der Waals surface area contributed by atoms with E-state index in [-0.39, 0.29) is 11.9 Å². The maximum absolute atomic E-state index is 12.3. The molecular weight excluding hydrogens is 354 g/mol. The van der Waals surface area contributed by atoms with Crippen molar-refractivity contribution in [2.45, 2.75) is 32.7 Å². The lowest BCUT2D eigenvalue weighted by Crippen LogP contribution is -2.51. The molecule has 7 nitrogen and oxygen atoms in total. The Hall–Kier alpha value is -2.25. The Labute approximate surface area is 166 Å². The van der Waals surface area contributed by atoms with Crippen LogP contribution in [0.3, 0.4) is 0 Å². The number of aromatic nitrogens is 2. The lowest BCUT2D eigenvalue weighted by Gasteiger charge is -2.36. The molecule has 4 rings (SSSR count). The van der Waals surface area contributed by atoms with Gasteiger partial charge >= 0.3 is 0 Å². The highest BCUT2D eigenvalue weighted by molar-refractivity contribution is 5.78. The van der Waals surface area contributed by atoms with E-state index in [0.717, 1.165) is 44.2 Å². The van der Waals surface area contributed by atoms with Crippen molar-refractivity contribution >= 4 is 5.91 Å². The van der Waals surface area contributed by atoms with Gasteiger partial charge in [0.1, 0.15) is 0 Å². The molecule has 1 aromatic heterocycles. The predicted molar refractivity (Wildman–Crippen MR) is 107 cm³/mol. The Bertz CT molecular complexity index is 791. The Morgan fingerprint density at radius 3 is 2.61 bits per heavy atom. The van der Waals surface area contributed by atoms with Gasteiger partial charge in [0.15, 0.2) is 0 Å². The minimum atomic E-state index is 0.0388. The van der Waals surface area contributed by atoms with Crippen LogP contribution in [0, 0.1) is 12.8 Å². The zero-order valence-corrected chi connectivity index (χ0v) is 16.7. The quantitative estimate of drug-likeness (QED) is 0.790. The second kappa shape index (κ2) is 8.41. The van der Waals surface area contributed by atoms with Crippen LogP contribution in [0.1, 0.15) is 37.3 Å². The van der Waals surface area contributed by atoms with Crippen molar-refractivity contribution in [1.82, 2.24) is 25.3 Å². The van der Waals surface area contributed by atoms with E-state index >= 15 is 0 Å². The van der Waals surface area contributed by atoms with Crippen molar-refractivity contribution < 1.29 is 9.32 Å². The summed E-state index contributed by atoms with van der Waals surface area (Å²) in [6.45, 7) is 8.69. The van der Waals surface area contributed by atoms with Crippen LogP contribution in [-0.2, 0) is 4.79 Å². The van der Waals surface area contributed by atoms with Crippen LogP contribution in [0.25, 0.3) is 11.4 Å². The van der Waals surface area contributed by atoms with Gasteiger partial charge in [-0.2, -0.15) is 4.98 Å². The van der Waals surface area contributed by atoms with E-state index in [0.29, 0.717) is 18.3 Å². The first kappa shape index (κ1) is 19.1. The molecule has 1 aromatic carbocycles. The van der Waals surface area contributed by atoms with Crippen molar-refractivity contribution in [3.05, 3.63) is 35.7 Å². The highest BCUT2D eigenvalue weighted by atomic mass is 16.5. The van der Waals surface area contributed by atoms with Crippen LogP contribution in [0.2, 0.25) is 0 Å². The minimum absolute atomic E-state index is 0.0388. The molecule has 7 heteroatoms. The molecule has 2 heterocycles. The van der Waals surface area contributed by atoms with Crippen molar-refractivity contribution in [2.75, 3.05) is 39.3 Å². The fraction of sp³-hybridized carbons (Fsp3) is 0.571. The normalized spacial score (nSPS) is 19.0. The van der Waals surface area contributed by atoms with Crippen molar-refractivity contribution in [3.63, 3.8) is 0 Å². The number of rotatable bonds is 7. The summed E-state index contributed by atoms with van der Waals surface area (Å²) in [5.41, 5.74) is 2.16. The number of hydrogen-bond acceptors (Lipinski definition) is 6. The Morgan fingerprint density at radius 2 is 1.93 bits per heavy atom. The second-order valence-corrected chi connectivity index (χ2v) is 7.99. The molecule has 1 unspecified atom stereocenters. The maximum atomic E-state index is 12.3. The SMILES string of the molecule is Cc1ccc(-c2noc(C(C)N3CCN(C(=O)CNCC4CC4)CC3)n2)cc1. The number of carbonyl (C=O) groups is 1. The first-order chi connectivity index (χ1) is 13.6. The number of aryl methyl sites for hydroxylation is 1. The number of nitrogens with one attached hydrogen (secondary N) is 1. The molecule has 1 saturated heterocycles. The lowest BCUT2D eigenvalue weighted by molar-refractivity contribution is -0.132. The first-order valence-corrected chi connectivity index (χ1v) is 10.2. The summed E-state index contributed by atoms with van der Waals surface area (Å²) in [7, 11) is 0. The van der Waals surface area contributed by atoms with Gasteiger partial charge in [-0.1, -0.05) is 35.0 Å². The highest BCUT2D eigenvalue weighted by Crippen LogP contribution is 2.27. The molecular formula is C21H29N5O2. The number of nitrogens with zero attached hydrogens (tertiary/aromatic N) is 4. The molecule has 28 heavy (non-hydrogen) atoms. The van der Waals surface area contributed by atoms with E-state index in [1.54, 1.807) is 0 Å². The van der Waals surface area contributed by atoms with Crippen LogP contribution < -0.4 is 5.32 Å². The van der Waals surface area contributed by atoms with E-state index in [9.17, 15) is 4.79 Å². The number of amides is 1. The Kier molecular flexibility index (Phi) is 5.73. The molecule has 2 aromatic rings. The van der Waals surface area contributed by atoms with Crippen LogP contribution in [0.5, 0.6) is 0 Å². The molecule has 0 radical (unpaired) electrons. The van der Waals surface area contributed by atoms with Gasteiger partial charge < -0.3 is 14.7 Å². The van der Waals surface area contributed by atoms with Crippen LogP contribution in [-0.4, -0.2) is 65.1 Å². The van der Waals surface area contributed by atoms with Gasteiger partial charge in [0.05, 0.1) is 12.6 Å². The van der Waals surface area contributed by atoms with E-state index in [1.165, 1.54) is 18.4 Å². The van der Waals surface area contributed by atoms with Gasteiger partial charge in [0.2, 0.25) is 17.6 Å². The average molecular weight is 383 g/mol. The van der Waals surface area contributed by atoms with E-state index in [1.807, 2.05) is 29.2 Å². The minimum Gasteiger partial charge on any atom is -0.339 e. The molecule has 1 atom stereocenters. The standard InChI is InChI=1S/C21H29N5O2/c1-15-3-7-18(8-4-15)20-23-21(28-24-20)16(2)25-9-11-26(12-10-25)19(27)14-22-13-17-5-6-17/h3-4,7-8,16-17,22H,5-6,9-14H2,1-2H3. The molecule has 1 saturated carbocycles. The van der Waals surface area contributed by atoms with Gasteiger partial charge in [-0.3, -0.25) is 9.69 Å². The number of piperazine rings is 1. The van der Waals surface area contributed by atoms with Crippen LogP contribution in [0.15, 0.2) is 28.8 Å². The van der Waals surface area contributed by atoms with Gasteiger partial charge in [-0.25, -0.2) is 0 Å². The molecule has 1 amide bonds.